The Morgan fingerprint density at radius 3 is 2.36 bits per heavy atom. The molecule has 1 saturated heterocycles. The summed E-state index contributed by atoms with van der Waals surface area (Å²) in [6.45, 7) is 2.05. The highest BCUT2D eigenvalue weighted by molar-refractivity contribution is 5.80. The van der Waals surface area contributed by atoms with Crippen LogP contribution in [0.25, 0.3) is 11.1 Å². The summed E-state index contributed by atoms with van der Waals surface area (Å²) in [6, 6.07) is 13.0. The van der Waals surface area contributed by atoms with Crippen molar-refractivity contribution in [1.82, 2.24) is 4.98 Å². The summed E-state index contributed by atoms with van der Waals surface area (Å²) in [5.74, 6) is 0.932. The molecule has 1 aliphatic heterocycles. The van der Waals surface area contributed by atoms with Crippen molar-refractivity contribution in [1.29, 1.82) is 5.26 Å². The van der Waals surface area contributed by atoms with Crippen LogP contribution in [0.4, 0.5) is 5.82 Å². The molecule has 2 aliphatic rings. The minimum absolute atomic E-state index is 0.786. The normalized spacial score (nSPS) is 17.5. The van der Waals surface area contributed by atoms with E-state index in [-0.39, 0.29) is 0 Å². The molecule has 1 aromatic carbocycles. The van der Waals surface area contributed by atoms with Gasteiger partial charge in [-0.25, -0.2) is 4.98 Å². The largest absolute Gasteiger partial charge is 0.355 e. The number of benzene rings is 1. The van der Waals surface area contributed by atoms with Crippen LogP contribution in [0.5, 0.6) is 0 Å². The zero-order valence-electron chi connectivity index (χ0n) is 14.8. The molecule has 1 aliphatic carbocycles. The average Bonchev–Trinajstić information content (AvgIpc) is 2.93. The van der Waals surface area contributed by atoms with Gasteiger partial charge in [-0.1, -0.05) is 36.8 Å². The predicted octanol–water partition coefficient (Wildman–Crippen LogP) is 4.88. The molecule has 0 bridgehead atoms. The Labute approximate surface area is 150 Å². The third-order valence-corrected chi connectivity index (χ3v) is 5.53. The molecule has 0 atom stereocenters. The van der Waals surface area contributed by atoms with Crippen molar-refractivity contribution in [3.05, 3.63) is 47.2 Å². The van der Waals surface area contributed by atoms with Crippen LogP contribution in [0.15, 0.2) is 30.3 Å². The smallest absolute Gasteiger partial charge is 0.147 e. The van der Waals surface area contributed by atoms with Crippen molar-refractivity contribution in [2.24, 2.45) is 0 Å². The molecule has 1 aromatic heterocycles. The monoisotopic (exact) mass is 331 g/mol. The molecule has 0 radical (unpaired) electrons. The van der Waals surface area contributed by atoms with Crippen molar-refractivity contribution in [3.8, 4) is 17.2 Å². The molecule has 1 fully saturated rings. The maximum absolute atomic E-state index is 10.0. The van der Waals surface area contributed by atoms with Gasteiger partial charge >= 0.3 is 0 Å². The fraction of sp³-hybridized carbons (Fsp3) is 0.455. The number of hydrogen-bond donors (Lipinski definition) is 0. The standard InChI is InChI=1S/C22H25N3/c23-16-19-21(17-10-4-1-5-11-17)18-12-6-2-7-13-20(18)24-22(19)25-14-8-3-9-15-25/h1,4-5,10-11H,2-3,6-9,12-15H2. The van der Waals surface area contributed by atoms with Crippen molar-refractivity contribution < 1.29 is 0 Å². The Kier molecular flexibility index (Phi) is 4.70. The summed E-state index contributed by atoms with van der Waals surface area (Å²) in [4.78, 5) is 7.40. The van der Waals surface area contributed by atoms with E-state index in [9.17, 15) is 5.26 Å². The summed E-state index contributed by atoms with van der Waals surface area (Å²) in [7, 11) is 0. The predicted molar refractivity (Wildman–Crippen MR) is 102 cm³/mol. The second-order valence-electron chi connectivity index (χ2n) is 7.20. The lowest BCUT2D eigenvalue weighted by molar-refractivity contribution is 0.572. The van der Waals surface area contributed by atoms with Crippen LogP contribution in [0.2, 0.25) is 0 Å². The lowest BCUT2D eigenvalue weighted by Gasteiger charge is -2.30. The highest BCUT2D eigenvalue weighted by Gasteiger charge is 2.25. The number of pyridine rings is 1. The van der Waals surface area contributed by atoms with Crippen LogP contribution < -0.4 is 4.90 Å². The number of nitrogens with zero attached hydrogens (tertiary/aromatic N) is 3. The van der Waals surface area contributed by atoms with Gasteiger partial charge in [0, 0.05) is 24.3 Å². The van der Waals surface area contributed by atoms with E-state index >= 15 is 0 Å². The van der Waals surface area contributed by atoms with Crippen LogP contribution in [0.3, 0.4) is 0 Å². The first-order chi connectivity index (χ1) is 12.4. The molecule has 2 heterocycles. The lowest BCUT2D eigenvalue weighted by atomic mass is 9.91. The quantitative estimate of drug-likeness (QED) is 0.736. The molecule has 0 unspecified atom stereocenters. The number of nitriles is 1. The Hall–Kier alpha value is -2.34. The topological polar surface area (TPSA) is 39.9 Å². The fourth-order valence-corrected chi connectivity index (χ4v) is 4.27. The number of hydrogen-bond acceptors (Lipinski definition) is 3. The maximum Gasteiger partial charge on any atom is 0.147 e. The molecular formula is C22H25N3. The average molecular weight is 331 g/mol. The van der Waals surface area contributed by atoms with Gasteiger partial charge < -0.3 is 4.90 Å². The van der Waals surface area contributed by atoms with Gasteiger partial charge in [0.2, 0.25) is 0 Å². The number of aromatic nitrogens is 1. The zero-order valence-corrected chi connectivity index (χ0v) is 14.8. The molecule has 4 rings (SSSR count). The third kappa shape index (κ3) is 3.14. The molecule has 25 heavy (non-hydrogen) atoms. The van der Waals surface area contributed by atoms with Crippen LogP contribution in [0.1, 0.15) is 55.3 Å². The van der Waals surface area contributed by atoms with Gasteiger partial charge in [0.25, 0.3) is 0 Å². The van der Waals surface area contributed by atoms with Gasteiger partial charge in [0.05, 0.1) is 0 Å². The van der Waals surface area contributed by atoms with E-state index in [1.807, 2.05) is 6.07 Å². The Morgan fingerprint density at radius 2 is 1.60 bits per heavy atom. The van der Waals surface area contributed by atoms with Crippen LogP contribution in [-0.4, -0.2) is 18.1 Å². The van der Waals surface area contributed by atoms with Gasteiger partial charge in [-0.3, -0.25) is 0 Å². The van der Waals surface area contributed by atoms with E-state index in [0.717, 1.165) is 48.4 Å². The summed E-state index contributed by atoms with van der Waals surface area (Å²) in [5.41, 5.74) is 5.65. The van der Waals surface area contributed by atoms with E-state index in [2.05, 4.69) is 35.2 Å². The molecular weight excluding hydrogens is 306 g/mol. The van der Waals surface area contributed by atoms with E-state index < -0.39 is 0 Å². The molecule has 0 spiro atoms. The zero-order chi connectivity index (χ0) is 17.1. The van der Waals surface area contributed by atoms with Gasteiger partial charge in [-0.15, -0.1) is 0 Å². The van der Waals surface area contributed by atoms with E-state index in [1.54, 1.807) is 0 Å². The molecule has 128 valence electrons. The van der Waals surface area contributed by atoms with Gasteiger partial charge in [-0.2, -0.15) is 5.26 Å². The van der Waals surface area contributed by atoms with Crippen molar-refractivity contribution >= 4 is 5.82 Å². The third-order valence-electron chi connectivity index (χ3n) is 5.53. The molecule has 0 amide bonds. The fourth-order valence-electron chi connectivity index (χ4n) is 4.27. The van der Waals surface area contributed by atoms with Crippen molar-refractivity contribution in [2.45, 2.75) is 51.4 Å². The molecule has 3 nitrogen and oxygen atoms in total. The van der Waals surface area contributed by atoms with Crippen molar-refractivity contribution in [3.63, 3.8) is 0 Å². The first kappa shape index (κ1) is 16.1. The first-order valence-electron chi connectivity index (χ1n) is 9.64. The highest BCUT2D eigenvalue weighted by atomic mass is 15.2. The molecule has 2 aromatic rings. The van der Waals surface area contributed by atoms with Gasteiger partial charge in [0.1, 0.15) is 17.5 Å². The Bertz CT molecular complexity index is 783. The number of rotatable bonds is 2. The lowest BCUT2D eigenvalue weighted by Crippen LogP contribution is -2.31. The van der Waals surface area contributed by atoms with Gasteiger partial charge in [0.15, 0.2) is 0 Å². The molecule has 0 N–H and O–H groups in total. The van der Waals surface area contributed by atoms with Crippen molar-refractivity contribution in [2.75, 3.05) is 18.0 Å². The summed E-state index contributed by atoms with van der Waals surface area (Å²) in [5, 5.41) is 10.0. The van der Waals surface area contributed by atoms with Crippen LogP contribution in [-0.2, 0) is 12.8 Å². The van der Waals surface area contributed by atoms with Crippen LogP contribution in [0, 0.1) is 11.3 Å². The summed E-state index contributed by atoms with van der Waals surface area (Å²) in [6.07, 6.45) is 9.43. The SMILES string of the molecule is N#Cc1c(N2CCCCC2)nc2c(c1-c1ccccc1)CCCCC2. The first-order valence-corrected chi connectivity index (χ1v) is 9.64. The van der Waals surface area contributed by atoms with Crippen LogP contribution >= 0.6 is 0 Å². The molecule has 0 saturated carbocycles. The Morgan fingerprint density at radius 1 is 0.880 bits per heavy atom. The minimum atomic E-state index is 0.786. The number of anilines is 1. The van der Waals surface area contributed by atoms with E-state index in [4.69, 9.17) is 4.98 Å². The second kappa shape index (κ2) is 7.27. The van der Waals surface area contributed by atoms with E-state index in [0.29, 0.717) is 0 Å². The maximum atomic E-state index is 10.0. The number of fused-ring (bicyclic) bond motifs is 1. The number of piperidine rings is 1. The van der Waals surface area contributed by atoms with E-state index in [1.165, 1.54) is 49.8 Å². The number of aryl methyl sites for hydroxylation is 1. The minimum Gasteiger partial charge on any atom is -0.355 e. The Balaban J connectivity index is 1.94. The summed E-state index contributed by atoms with van der Waals surface area (Å²) < 4.78 is 0. The molecule has 3 heteroatoms. The second-order valence-corrected chi connectivity index (χ2v) is 7.20. The highest BCUT2D eigenvalue weighted by Crippen LogP contribution is 2.37. The van der Waals surface area contributed by atoms with Gasteiger partial charge in [-0.05, 0) is 56.1 Å². The summed E-state index contributed by atoms with van der Waals surface area (Å²) >= 11 is 0.